The Labute approximate surface area is 126 Å². The van der Waals surface area contributed by atoms with Gasteiger partial charge >= 0.3 is 5.97 Å². The molecule has 0 amide bonds. The molecule has 0 aliphatic carbocycles. The minimum atomic E-state index is -0.919. The number of hydrogen-bond acceptors (Lipinski definition) is 2. The number of pyridine rings is 1. The Balaban J connectivity index is 2.01. The van der Waals surface area contributed by atoms with E-state index in [1.807, 2.05) is 59.2 Å². The second-order valence-electron chi connectivity index (χ2n) is 5.12. The molecule has 22 heavy (non-hydrogen) atoms. The molecule has 4 nitrogen and oxygen atoms in total. The summed E-state index contributed by atoms with van der Waals surface area (Å²) in [4.78, 5) is 15.8. The molecule has 0 aliphatic heterocycles. The molecule has 1 N–H and O–H groups in total. The molecule has 0 aliphatic rings. The summed E-state index contributed by atoms with van der Waals surface area (Å²) in [6, 6.07) is 17.3. The van der Waals surface area contributed by atoms with Crippen LogP contribution < -0.4 is 0 Å². The van der Waals surface area contributed by atoms with Crippen molar-refractivity contribution in [3.05, 3.63) is 72.6 Å². The van der Waals surface area contributed by atoms with Gasteiger partial charge in [-0.15, -0.1) is 0 Å². The van der Waals surface area contributed by atoms with Gasteiger partial charge in [-0.2, -0.15) is 0 Å². The predicted octanol–water partition coefficient (Wildman–Crippen LogP) is 3.88. The van der Waals surface area contributed by atoms with Gasteiger partial charge in [0, 0.05) is 28.9 Å². The minimum absolute atomic E-state index is 0.307. The lowest BCUT2D eigenvalue weighted by Crippen LogP contribution is -1.95. The highest BCUT2D eigenvalue weighted by atomic mass is 16.4. The minimum Gasteiger partial charge on any atom is -0.478 e. The summed E-state index contributed by atoms with van der Waals surface area (Å²) >= 11 is 0. The quantitative estimate of drug-likeness (QED) is 0.609. The molecule has 2 heterocycles. The molecule has 0 radical (unpaired) electrons. The van der Waals surface area contributed by atoms with Crippen LogP contribution in [0, 0.1) is 0 Å². The average molecular weight is 288 g/mol. The number of fused-ring (bicyclic) bond motifs is 2. The number of aromatic carboxylic acids is 1. The van der Waals surface area contributed by atoms with E-state index in [4.69, 9.17) is 0 Å². The van der Waals surface area contributed by atoms with Gasteiger partial charge in [-0.1, -0.05) is 24.3 Å². The van der Waals surface area contributed by atoms with Crippen LogP contribution in [-0.2, 0) is 0 Å². The number of nitrogens with zero attached hydrogens (tertiary/aromatic N) is 2. The van der Waals surface area contributed by atoms with Crippen LogP contribution in [0.1, 0.15) is 10.4 Å². The molecule has 4 rings (SSSR count). The molecule has 0 atom stereocenters. The maximum absolute atomic E-state index is 11.4. The van der Waals surface area contributed by atoms with E-state index < -0.39 is 5.97 Å². The third-order valence-electron chi connectivity index (χ3n) is 3.81. The molecule has 0 unspecified atom stereocenters. The van der Waals surface area contributed by atoms with Gasteiger partial charge in [0.15, 0.2) is 0 Å². The second-order valence-corrected chi connectivity index (χ2v) is 5.12. The molecule has 0 spiro atoms. The number of hydrogen-bond donors (Lipinski definition) is 1. The zero-order valence-electron chi connectivity index (χ0n) is 11.6. The summed E-state index contributed by atoms with van der Waals surface area (Å²) in [5.41, 5.74) is 3.02. The summed E-state index contributed by atoms with van der Waals surface area (Å²) in [6.45, 7) is 0. The molecule has 0 bridgehead atoms. The van der Waals surface area contributed by atoms with Gasteiger partial charge in [0.2, 0.25) is 0 Å². The number of rotatable bonds is 2. The fourth-order valence-electron chi connectivity index (χ4n) is 2.78. The van der Waals surface area contributed by atoms with Gasteiger partial charge < -0.3 is 9.67 Å². The van der Waals surface area contributed by atoms with Gasteiger partial charge in [-0.3, -0.25) is 4.98 Å². The largest absolute Gasteiger partial charge is 0.478 e. The zero-order chi connectivity index (χ0) is 15.1. The maximum atomic E-state index is 11.4. The van der Waals surface area contributed by atoms with Crippen LogP contribution in [-0.4, -0.2) is 20.6 Å². The van der Waals surface area contributed by atoms with Crippen LogP contribution in [0.25, 0.3) is 27.5 Å². The SMILES string of the molecule is O=C(O)c1cn(-c2ccc3ncccc3c2)c2ccccc12. The van der Waals surface area contributed by atoms with E-state index in [1.54, 1.807) is 12.4 Å². The average Bonchev–Trinajstić information content (AvgIpc) is 2.94. The van der Waals surface area contributed by atoms with Crippen LogP contribution >= 0.6 is 0 Å². The van der Waals surface area contributed by atoms with Crippen molar-refractivity contribution in [1.29, 1.82) is 0 Å². The smallest absolute Gasteiger partial charge is 0.337 e. The van der Waals surface area contributed by atoms with Crippen LogP contribution in [0.5, 0.6) is 0 Å². The monoisotopic (exact) mass is 288 g/mol. The van der Waals surface area contributed by atoms with Gasteiger partial charge in [-0.05, 0) is 30.3 Å². The first-order valence-electron chi connectivity index (χ1n) is 6.92. The number of carbonyl (C=O) groups is 1. The third-order valence-corrected chi connectivity index (χ3v) is 3.81. The van der Waals surface area contributed by atoms with Crippen LogP contribution in [0.2, 0.25) is 0 Å². The van der Waals surface area contributed by atoms with Gasteiger partial charge in [0.25, 0.3) is 0 Å². The summed E-state index contributed by atoms with van der Waals surface area (Å²) in [5, 5.41) is 11.2. The van der Waals surface area contributed by atoms with Crippen molar-refractivity contribution in [3.8, 4) is 5.69 Å². The van der Waals surface area contributed by atoms with Gasteiger partial charge in [0.05, 0.1) is 16.6 Å². The number of carboxylic acids is 1. The highest BCUT2D eigenvalue weighted by Crippen LogP contribution is 2.26. The molecular weight excluding hydrogens is 276 g/mol. The van der Waals surface area contributed by atoms with Crippen LogP contribution in [0.15, 0.2) is 67.0 Å². The Kier molecular flexibility index (Phi) is 2.69. The first-order chi connectivity index (χ1) is 10.7. The molecular formula is C18H12N2O2. The first-order valence-corrected chi connectivity index (χ1v) is 6.92. The van der Waals surface area contributed by atoms with Gasteiger partial charge in [0.1, 0.15) is 0 Å². The number of para-hydroxylation sites is 1. The van der Waals surface area contributed by atoms with Crippen molar-refractivity contribution >= 4 is 27.8 Å². The van der Waals surface area contributed by atoms with E-state index in [0.717, 1.165) is 27.5 Å². The zero-order valence-corrected chi connectivity index (χ0v) is 11.6. The summed E-state index contributed by atoms with van der Waals surface area (Å²) < 4.78 is 1.91. The van der Waals surface area contributed by atoms with Crippen LogP contribution in [0.4, 0.5) is 0 Å². The molecule has 106 valence electrons. The Morgan fingerprint density at radius 3 is 2.77 bits per heavy atom. The molecule has 4 heteroatoms. The second kappa shape index (κ2) is 4.70. The van der Waals surface area contributed by atoms with E-state index >= 15 is 0 Å². The van der Waals surface area contributed by atoms with E-state index in [1.165, 1.54) is 0 Å². The van der Waals surface area contributed by atoms with Crippen molar-refractivity contribution in [2.24, 2.45) is 0 Å². The molecule has 4 aromatic rings. The van der Waals surface area contributed by atoms with E-state index in [0.29, 0.717) is 5.56 Å². The normalized spacial score (nSPS) is 11.1. The van der Waals surface area contributed by atoms with Gasteiger partial charge in [-0.25, -0.2) is 4.79 Å². The van der Waals surface area contributed by atoms with Crippen molar-refractivity contribution in [1.82, 2.24) is 9.55 Å². The molecule has 0 fully saturated rings. The highest BCUT2D eigenvalue weighted by molar-refractivity contribution is 6.04. The van der Waals surface area contributed by atoms with Crippen molar-refractivity contribution < 1.29 is 9.90 Å². The summed E-state index contributed by atoms with van der Waals surface area (Å²) in [6.07, 6.45) is 3.43. The lowest BCUT2D eigenvalue weighted by atomic mass is 10.2. The molecule has 2 aromatic heterocycles. The first kappa shape index (κ1) is 12.6. The third kappa shape index (κ3) is 1.85. The van der Waals surface area contributed by atoms with E-state index in [2.05, 4.69) is 4.98 Å². The predicted molar refractivity (Wildman–Crippen MR) is 85.5 cm³/mol. The lowest BCUT2D eigenvalue weighted by molar-refractivity contribution is 0.0699. The Morgan fingerprint density at radius 1 is 1.05 bits per heavy atom. The Bertz CT molecular complexity index is 1020. The van der Waals surface area contributed by atoms with Crippen molar-refractivity contribution in [2.45, 2.75) is 0 Å². The standard InChI is InChI=1S/C18H12N2O2/c21-18(22)15-11-20(17-6-2-1-5-14(15)17)13-7-8-16-12(10-13)4-3-9-19-16/h1-11H,(H,21,22). The number of benzene rings is 2. The summed E-state index contributed by atoms with van der Waals surface area (Å²) in [5.74, 6) is -0.919. The molecule has 0 saturated heterocycles. The molecule has 0 saturated carbocycles. The van der Waals surface area contributed by atoms with Crippen LogP contribution in [0.3, 0.4) is 0 Å². The maximum Gasteiger partial charge on any atom is 0.337 e. The number of carboxylic acid groups (broad SMARTS) is 1. The Morgan fingerprint density at radius 2 is 1.91 bits per heavy atom. The number of aromatic nitrogens is 2. The fraction of sp³-hybridized carbons (Fsp3) is 0. The van der Waals surface area contributed by atoms with Crippen molar-refractivity contribution in [3.63, 3.8) is 0 Å². The fourth-order valence-corrected chi connectivity index (χ4v) is 2.78. The molecule has 2 aromatic carbocycles. The Hall–Kier alpha value is -3.14. The highest BCUT2D eigenvalue weighted by Gasteiger charge is 2.14. The van der Waals surface area contributed by atoms with Crippen molar-refractivity contribution in [2.75, 3.05) is 0 Å². The summed E-state index contributed by atoms with van der Waals surface area (Å²) in [7, 11) is 0. The lowest BCUT2D eigenvalue weighted by Gasteiger charge is -2.06. The van der Waals surface area contributed by atoms with E-state index in [-0.39, 0.29) is 0 Å². The topological polar surface area (TPSA) is 55.1 Å². The van der Waals surface area contributed by atoms with E-state index in [9.17, 15) is 9.90 Å².